The summed E-state index contributed by atoms with van der Waals surface area (Å²) in [4.78, 5) is 15.9. The summed E-state index contributed by atoms with van der Waals surface area (Å²) in [5.41, 5.74) is 2.52. The minimum Gasteiger partial charge on any atom is -0.465 e. The monoisotopic (exact) mass is 344 g/mol. The van der Waals surface area contributed by atoms with Gasteiger partial charge in [-0.2, -0.15) is 0 Å². The molecule has 2 heterocycles. The van der Waals surface area contributed by atoms with Crippen LogP contribution in [0.5, 0.6) is 0 Å². The summed E-state index contributed by atoms with van der Waals surface area (Å²) in [6.07, 6.45) is -1.24. The Labute approximate surface area is 144 Å². The Morgan fingerprint density at radius 1 is 1.24 bits per heavy atom. The summed E-state index contributed by atoms with van der Waals surface area (Å²) < 4.78 is 32.8. The predicted octanol–water partition coefficient (Wildman–Crippen LogP) is 4.68. The lowest BCUT2D eigenvalue weighted by Crippen LogP contribution is -2.11. The van der Waals surface area contributed by atoms with Crippen molar-refractivity contribution in [1.82, 2.24) is 9.55 Å². The number of ether oxygens (including phenoxy) is 1. The van der Waals surface area contributed by atoms with E-state index in [4.69, 9.17) is 4.74 Å². The molecule has 6 heteroatoms. The molecule has 0 radical (unpaired) electrons. The van der Waals surface area contributed by atoms with Crippen molar-refractivity contribution >= 4 is 16.9 Å². The molecule has 0 saturated carbocycles. The maximum Gasteiger partial charge on any atom is 0.340 e. The number of aromatic nitrogens is 2. The van der Waals surface area contributed by atoms with Gasteiger partial charge < -0.3 is 9.30 Å². The first-order valence-electron chi connectivity index (χ1n) is 7.87. The van der Waals surface area contributed by atoms with E-state index in [2.05, 4.69) is 4.98 Å². The summed E-state index contributed by atoms with van der Waals surface area (Å²) in [5, 5.41) is 0.779. The molecule has 0 fully saturated rings. The average Bonchev–Trinajstić information content (AvgIpc) is 2.92. The SMILES string of the molecule is COC(=O)c1c(C)n(C(C)c2ccnc(C(F)F)c2)c2ccccc12. The van der Waals surface area contributed by atoms with E-state index in [-0.39, 0.29) is 11.7 Å². The van der Waals surface area contributed by atoms with Crippen LogP contribution in [-0.2, 0) is 4.74 Å². The van der Waals surface area contributed by atoms with E-state index in [1.54, 1.807) is 6.07 Å². The number of para-hydroxylation sites is 1. The lowest BCUT2D eigenvalue weighted by Gasteiger charge is -2.19. The number of methoxy groups -OCH3 is 1. The van der Waals surface area contributed by atoms with Crippen molar-refractivity contribution in [2.45, 2.75) is 26.3 Å². The number of fused-ring (bicyclic) bond motifs is 1. The standard InChI is InChI=1S/C19H18F2N2O2/c1-11(13-8-9-22-15(10-13)18(20)21)23-12(2)17(19(24)25-3)14-6-4-5-7-16(14)23/h4-11,18H,1-3H3. The highest BCUT2D eigenvalue weighted by molar-refractivity contribution is 6.06. The van der Waals surface area contributed by atoms with Gasteiger partial charge in [0.05, 0.1) is 18.7 Å². The molecule has 0 aliphatic rings. The van der Waals surface area contributed by atoms with Gasteiger partial charge in [0.1, 0.15) is 5.69 Å². The van der Waals surface area contributed by atoms with Gasteiger partial charge in [0.15, 0.2) is 0 Å². The van der Waals surface area contributed by atoms with Crippen LogP contribution >= 0.6 is 0 Å². The van der Waals surface area contributed by atoms with E-state index in [1.165, 1.54) is 19.4 Å². The van der Waals surface area contributed by atoms with Crippen molar-refractivity contribution < 1.29 is 18.3 Å². The van der Waals surface area contributed by atoms with Crippen LogP contribution in [0.3, 0.4) is 0 Å². The molecule has 0 bridgehead atoms. The first kappa shape index (κ1) is 17.1. The number of pyridine rings is 1. The minimum absolute atomic E-state index is 0.246. The number of hydrogen-bond donors (Lipinski definition) is 0. The number of alkyl halides is 2. The molecule has 0 spiro atoms. The molecule has 0 aliphatic heterocycles. The third-order valence-electron chi connectivity index (χ3n) is 4.44. The molecule has 3 aromatic rings. The topological polar surface area (TPSA) is 44.1 Å². The minimum atomic E-state index is -2.62. The first-order valence-corrected chi connectivity index (χ1v) is 7.87. The molecule has 0 aliphatic carbocycles. The van der Waals surface area contributed by atoms with Crippen LogP contribution in [0.4, 0.5) is 8.78 Å². The summed E-state index contributed by atoms with van der Waals surface area (Å²) in [6.45, 7) is 3.74. The number of nitrogens with zero attached hydrogens (tertiary/aromatic N) is 2. The molecule has 25 heavy (non-hydrogen) atoms. The summed E-state index contributed by atoms with van der Waals surface area (Å²) in [5.74, 6) is -0.414. The van der Waals surface area contributed by atoms with Crippen molar-refractivity contribution in [3.63, 3.8) is 0 Å². The molecule has 0 amide bonds. The maximum absolute atomic E-state index is 13.0. The van der Waals surface area contributed by atoms with Gasteiger partial charge in [-0.3, -0.25) is 4.98 Å². The van der Waals surface area contributed by atoms with E-state index in [9.17, 15) is 13.6 Å². The highest BCUT2D eigenvalue weighted by atomic mass is 19.3. The zero-order valence-electron chi connectivity index (χ0n) is 14.2. The maximum atomic E-state index is 13.0. The Morgan fingerprint density at radius 2 is 1.96 bits per heavy atom. The number of carbonyl (C=O) groups excluding carboxylic acids is 1. The second-order valence-electron chi connectivity index (χ2n) is 5.83. The lowest BCUT2D eigenvalue weighted by atomic mass is 10.1. The van der Waals surface area contributed by atoms with Crippen molar-refractivity contribution in [3.8, 4) is 0 Å². The van der Waals surface area contributed by atoms with Crippen molar-refractivity contribution in [1.29, 1.82) is 0 Å². The van der Waals surface area contributed by atoms with Crippen LogP contribution in [0, 0.1) is 6.92 Å². The normalized spacial score (nSPS) is 12.6. The van der Waals surface area contributed by atoms with Crippen molar-refractivity contribution in [3.05, 3.63) is 65.1 Å². The molecule has 3 rings (SSSR count). The number of halogens is 2. The van der Waals surface area contributed by atoms with Crippen LogP contribution in [0.15, 0.2) is 42.6 Å². The Hall–Kier alpha value is -2.76. The Bertz CT molecular complexity index is 934. The van der Waals surface area contributed by atoms with Gasteiger partial charge in [-0.25, -0.2) is 13.6 Å². The van der Waals surface area contributed by atoms with E-state index in [1.807, 2.05) is 42.7 Å². The molecule has 1 atom stereocenters. The third-order valence-corrected chi connectivity index (χ3v) is 4.44. The van der Waals surface area contributed by atoms with E-state index < -0.39 is 12.4 Å². The van der Waals surface area contributed by atoms with E-state index >= 15 is 0 Å². The van der Waals surface area contributed by atoms with Crippen LogP contribution in [0.25, 0.3) is 10.9 Å². The summed E-state index contributed by atoms with van der Waals surface area (Å²) in [7, 11) is 1.34. The second-order valence-corrected chi connectivity index (χ2v) is 5.83. The molecule has 1 unspecified atom stereocenters. The summed E-state index contributed by atoms with van der Waals surface area (Å²) in [6, 6.07) is 10.4. The zero-order valence-corrected chi connectivity index (χ0v) is 14.2. The van der Waals surface area contributed by atoms with Crippen molar-refractivity contribution in [2.75, 3.05) is 7.11 Å². The second kappa shape index (κ2) is 6.63. The highest BCUT2D eigenvalue weighted by Gasteiger charge is 2.23. The molecule has 1 aromatic carbocycles. The van der Waals surface area contributed by atoms with Gasteiger partial charge in [-0.1, -0.05) is 18.2 Å². The third kappa shape index (κ3) is 2.88. The number of benzene rings is 1. The van der Waals surface area contributed by atoms with Crippen LogP contribution in [0.2, 0.25) is 0 Å². The predicted molar refractivity (Wildman–Crippen MR) is 91.0 cm³/mol. The fraction of sp³-hybridized carbons (Fsp3) is 0.263. The lowest BCUT2D eigenvalue weighted by molar-refractivity contribution is 0.0602. The molecular weight excluding hydrogens is 326 g/mol. The quantitative estimate of drug-likeness (QED) is 0.646. The molecule has 0 saturated heterocycles. The van der Waals surface area contributed by atoms with Gasteiger partial charge in [-0.15, -0.1) is 0 Å². The Morgan fingerprint density at radius 3 is 2.64 bits per heavy atom. The van der Waals surface area contributed by atoms with Gasteiger partial charge in [0.25, 0.3) is 6.43 Å². The van der Waals surface area contributed by atoms with Gasteiger partial charge >= 0.3 is 5.97 Å². The molecule has 0 N–H and O–H groups in total. The summed E-state index contributed by atoms with van der Waals surface area (Å²) >= 11 is 0. The first-order chi connectivity index (χ1) is 12.0. The highest BCUT2D eigenvalue weighted by Crippen LogP contribution is 2.32. The van der Waals surface area contributed by atoms with Crippen LogP contribution in [0.1, 0.15) is 46.7 Å². The average molecular weight is 344 g/mol. The number of rotatable bonds is 4. The largest absolute Gasteiger partial charge is 0.465 e. The number of hydrogen-bond acceptors (Lipinski definition) is 3. The zero-order chi connectivity index (χ0) is 18.1. The molecule has 130 valence electrons. The van der Waals surface area contributed by atoms with Crippen LogP contribution < -0.4 is 0 Å². The Kier molecular flexibility index (Phi) is 4.53. The number of esters is 1. The van der Waals surface area contributed by atoms with Crippen molar-refractivity contribution in [2.24, 2.45) is 0 Å². The van der Waals surface area contributed by atoms with Gasteiger partial charge in [0.2, 0.25) is 0 Å². The van der Waals surface area contributed by atoms with Crippen LogP contribution in [-0.4, -0.2) is 22.6 Å². The fourth-order valence-electron chi connectivity index (χ4n) is 3.24. The molecule has 4 nitrogen and oxygen atoms in total. The molecular formula is C19H18F2N2O2. The Balaban J connectivity index is 2.20. The van der Waals surface area contributed by atoms with E-state index in [0.29, 0.717) is 11.1 Å². The van der Waals surface area contributed by atoms with Gasteiger partial charge in [0, 0.05) is 22.8 Å². The fourth-order valence-corrected chi connectivity index (χ4v) is 3.24. The van der Waals surface area contributed by atoms with E-state index in [0.717, 1.165) is 16.6 Å². The smallest absolute Gasteiger partial charge is 0.340 e. The number of carbonyl (C=O) groups is 1. The van der Waals surface area contributed by atoms with Gasteiger partial charge in [-0.05, 0) is 37.6 Å². The molecule has 2 aromatic heterocycles.